The lowest BCUT2D eigenvalue weighted by atomic mass is 10.2. The van der Waals surface area contributed by atoms with Crippen LogP contribution in [-0.2, 0) is 9.59 Å². The summed E-state index contributed by atoms with van der Waals surface area (Å²) in [5.74, 6) is 0.0940. The van der Waals surface area contributed by atoms with Crippen LogP contribution in [0.3, 0.4) is 0 Å². The number of nitrogens with one attached hydrogen (secondary N) is 2. The zero-order chi connectivity index (χ0) is 27.4. The van der Waals surface area contributed by atoms with Gasteiger partial charge in [-0.25, -0.2) is 0 Å². The van der Waals surface area contributed by atoms with Crippen LogP contribution in [0.25, 0.3) is 0 Å². The van der Waals surface area contributed by atoms with Gasteiger partial charge in [0.15, 0.2) is 0 Å². The molecule has 0 radical (unpaired) electrons. The summed E-state index contributed by atoms with van der Waals surface area (Å²) >= 11 is 0. The Morgan fingerprint density at radius 3 is 1.74 bits per heavy atom. The molecule has 1 heterocycles. The van der Waals surface area contributed by atoms with Crippen LogP contribution in [0.1, 0.15) is 84.0 Å². The quantitative estimate of drug-likeness (QED) is 0.128. The van der Waals surface area contributed by atoms with Crippen LogP contribution in [0.4, 0.5) is 5.69 Å². The number of rotatable bonds is 21. The number of aromatic nitrogens is 1. The molecule has 0 saturated carbocycles. The normalized spacial score (nSPS) is 12.2. The Morgan fingerprint density at radius 2 is 1.18 bits per heavy atom. The van der Waals surface area contributed by atoms with Gasteiger partial charge in [0.25, 0.3) is 0 Å². The molecule has 1 aromatic heterocycles. The number of carbonyl (C=O) groups is 2. The summed E-state index contributed by atoms with van der Waals surface area (Å²) in [6.45, 7) is 2.81. The van der Waals surface area contributed by atoms with Crippen molar-refractivity contribution in [3.05, 3.63) is 97.4 Å². The molecule has 2 amide bonds. The van der Waals surface area contributed by atoms with Crippen molar-refractivity contribution < 1.29 is 9.59 Å². The number of carbonyl (C=O) groups excluding carboxylic acids is 2. The molecule has 0 aromatic carbocycles. The van der Waals surface area contributed by atoms with Gasteiger partial charge < -0.3 is 10.6 Å². The first kappa shape index (κ1) is 32.6. The highest BCUT2D eigenvalue weighted by molar-refractivity contribution is 5.90. The number of anilines is 1. The molecule has 206 valence electrons. The van der Waals surface area contributed by atoms with Crippen molar-refractivity contribution in [3.63, 3.8) is 0 Å². The fraction of sp³-hybridized carbons (Fsp3) is 0.424. The summed E-state index contributed by atoms with van der Waals surface area (Å²) in [5, 5.41) is 5.81. The molecule has 0 aliphatic heterocycles. The summed E-state index contributed by atoms with van der Waals surface area (Å²) < 4.78 is 0. The Balaban J connectivity index is 1.92. The second-order valence-corrected chi connectivity index (χ2v) is 8.90. The summed E-state index contributed by atoms with van der Waals surface area (Å²) in [6, 6.07) is 3.54. The van der Waals surface area contributed by atoms with Crippen molar-refractivity contribution in [1.82, 2.24) is 10.3 Å². The van der Waals surface area contributed by atoms with Gasteiger partial charge in [-0.15, -0.1) is 0 Å². The zero-order valence-corrected chi connectivity index (χ0v) is 23.2. The topological polar surface area (TPSA) is 71.1 Å². The summed E-state index contributed by atoms with van der Waals surface area (Å²) in [4.78, 5) is 27.7. The summed E-state index contributed by atoms with van der Waals surface area (Å²) in [6.07, 6.45) is 39.7. The van der Waals surface area contributed by atoms with Crippen LogP contribution < -0.4 is 10.6 Å². The number of allylic oxidation sites excluding steroid dienone is 12. The average molecular weight is 518 g/mol. The number of hydrogen-bond acceptors (Lipinski definition) is 3. The van der Waals surface area contributed by atoms with Gasteiger partial charge in [0.05, 0.1) is 0 Å². The third-order valence-corrected chi connectivity index (χ3v) is 5.50. The van der Waals surface area contributed by atoms with Gasteiger partial charge in [-0.05, 0) is 69.9 Å². The number of pyridine rings is 1. The third kappa shape index (κ3) is 21.8. The minimum atomic E-state index is 0.0107. The Hall–Kier alpha value is -3.47. The van der Waals surface area contributed by atoms with E-state index in [4.69, 9.17) is 0 Å². The highest BCUT2D eigenvalue weighted by Gasteiger charge is 2.02. The maximum Gasteiger partial charge on any atom is 0.224 e. The lowest BCUT2D eigenvalue weighted by molar-refractivity contribution is -0.121. The monoisotopic (exact) mass is 517 g/mol. The largest absolute Gasteiger partial charge is 0.356 e. The van der Waals surface area contributed by atoms with E-state index in [1.807, 2.05) is 0 Å². The van der Waals surface area contributed by atoms with E-state index in [-0.39, 0.29) is 11.8 Å². The highest BCUT2D eigenvalue weighted by atomic mass is 16.2. The molecular formula is C33H47N3O2. The smallest absolute Gasteiger partial charge is 0.224 e. The second kappa shape index (κ2) is 25.2. The molecule has 0 aliphatic rings. The van der Waals surface area contributed by atoms with Crippen LogP contribution in [0.5, 0.6) is 0 Å². The van der Waals surface area contributed by atoms with Crippen molar-refractivity contribution in [1.29, 1.82) is 0 Å². The Morgan fingerprint density at radius 1 is 0.658 bits per heavy atom. The molecule has 0 spiro atoms. The van der Waals surface area contributed by atoms with E-state index in [2.05, 4.69) is 95.5 Å². The summed E-state index contributed by atoms with van der Waals surface area (Å²) in [7, 11) is 0. The van der Waals surface area contributed by atoms with E-state index >= 15 is 0 Å². The summed E-state index contributed by atoms with van der Waals surface area (Å²) in [5.41, 5.74) is 0.768. The number of hydrogen-bond donors (Lipinski definition) is 2. The minimum absolute atomic E-state index is 0.0107. The Kier molecular flexibility index (Phi) is 21.6. The third-order valence-electron chi connectivity index (χ3n) is 5.50. The molecule has 5 nitrogen and oxygen atoms in total. The predicted molar refractivity (Wildman–Crippen MR) is 162 cm³/mol. The first-order chi connectivity index (χ1) is 18.7. The molecule has 0 saturated heterocycles. The molecule has 0 atom stereocenters. The maximum atomic E-state index is 11.9. The Bertz CT molecular complexity index is 911. The standard InChI is InChI=1S/C33H47N3O2/c1-2-3-4-5-6-7-8-9-10-11-12-13-14-15-16-17-18-19-21-24-32(37)35-28-23-20-22-25-33(38)36-31-26-29-34-30-27-31/h3-4,6-7,9-10,12-13,15-16,18-19,26-27,29-30H,2,5,8,11,14,17,20-25,28H2,1H3,(H,35,37)(H,34,36,38)/b4-3-,7-6-,10-9-,13-12-,16-15-,19-18-. The van der Waals surface area contributed by atoms with E-state index in [1.54, 1.807) is 24.5 Å². The lowest BCUT2D eigenvalue weighted by Gasteiger charge is -2.06. The van der Waals surface area contributed by atoms with Gasteiger partial charge >= 0.3 is 0 Å². The molecule has 38 heavy (non-hydrogen) atoms. The van der Waals surface area contributed by atoms with E-state index in [9.17, 15) is 9.59 Å². The molecule has 0 aliphatic carbocycles. The van der Waals surface area contributed by atoms with Crippen LogP contribution in [0.2, 0.25) is 0 Å². The van der Waals surface area contributed by atoms with Crippen molar-refractivity contribution >= 4 is 17.5 Å². The Labute approximate surface area is 230 Å². The van der Waals surface area contributed by atoms with E-state index in [1.165, 1.54) is 0 Å². The van der Waals surface area contributed by atoms with Gasteiger partial charge in [-0.3, -0.25) is 14.6 Å². The maximum absolute atomic E-state index is 11.9. The van der Waals surface area contributed by atoms with Gasteiger partial charge in [0.2, 0.25) is 11.8 Å². The SMILES string of the molecule is CC/C=C\C/C=C\C/C=C\C/C=C\C/C=C\C/C=C\CCC(=O)NCCCCCC(=O)Nc1ccncc1. The van der Waals surface area contributed by atoms with Crippen LogP contribution in [0.15, 0.2) is 97.4 Å². The van der Waals surface area contributed by atoms with Gasteiger partial charge in [-0.2, -0.15) is 0 Å². The lowest BCUT2D eigenvalue weighted by Crippen LogP contribution is -2.23. The molecular weight excluding hydrogens is 470 g/mol. The van der Waals surface area contributed by atoms with E-state index in [0.717, 1.165) is 69.9 Å². The number of unbranched alkanes of at least 4 members (excludes halogenated alkanes) is 2. The molecule has 0 fully saturated rings. The first-order valence-corrected chi connectivity index (χ1v) is 14.1. The van der Waals surface area contributed by atoms with Crippen LogP contribution >= 0.6 is 0 Å². The fourth-order valence-corrected chi connectivity index (χ4v) is 3.42. The highest BCUT2D eigenvalue weighted by Crippen LogP contribution is 2.06. The van der Waals surface area contributed by atoms with Gasteiger partial charge in [-0.1, -0.05) is 86.3 Å². The van der Waals surface area contributed by atoms with Crippen LogP contribution in [-0.4, -0.2) is 23.3 Å². The van der Waals surface area contributed by atoms with Crippen LogP contribution in [0, 0.1) is 0 Å². The van der Waals surface area contributed by atoms with Crippen molar-refractivity contribution in [2.45, 2.75) is 84.0 Å². The van der Waals surface area contributed by atoms with Gasteiger partial charge in [0.1, 0.15) is 0 Å². The molecule has 2 N–H and O–H groups in total. The minimum Gasteiger partial charge on any atom is -0.356 e. The molecule has 1 aromatic rings. The first-order valence-electron chi connectivity index (χ1n) is 14.1. The predicted octanol–water partition coefficient (Wildman–Crippen LogP) is 8.17. The van der Waals surface area contributed by atoms with Crippen molar-refractivity contribution in [2.24, 2.45) is 0 Å². The number of amides is 2. The van der Waals surface area contributed by atoms with E-state index in [0.29, 0.717) is 19.4 Å². The fourth-order valence-electron chi connectivity index (χ4n) is 3.42. The molecule has 1 rings (SSSR count). The van der Waals surface area contributed by atoms with Crippen molar-refractivity contribution in [3.8, 4) is 0 Å². The van der Waals surface area contributed by atoms with Crippen molar-refractivity contribution in [2.75, 3.05) is 11.9 Å². The number of nitrogens with zero attached hydrogens (tertiary/aromatic N) is 1. The second-order valence-electron chi connectivity index (χ2n) is 8.90. The van der Waals surface area contributed by atoms with E-state index < -0.39 is 0 Å². The zero-order valence-electron chi connectivity index (χ0n) is 23.2. The van der Waals surface area contributed by atoms with Gasteiger partial charge in [0, 0.05) is 37.5 Å². The average Bonchev–Trinajstić information content (AvgIpc) is 2.92. The molecule has 0 unspecified atom stereocenters. The molecule has 5 heteroatoms. The molecule has 0 bridgehead atoms.